The molecule has 4 aromatic rings. The Bertz CT molecular complexity index is 1160. The van der Waals surface area contributed by atoms with Crippen LogP contribution in [-0.2, 0) is 6.42 Å². The summed E-state index contributed by atoms with van der Waals surface area (Å²) >= 11 is 0. The van der Waals surface area contributed by atoms with Crippen LogP contribution in [-0.4, -0.2) is 21.7 Å². The molecular formula is C25H28N4O. The van der Waals surface area contributed by atoms with Gasteiger partial charge in [-0.2, -0.15) is 9.61 Å². The van der Waals surface area contributed by atoms with Crippen molar-refractivity contribution in [1.82, 2.24) is 14.6 Å². The monoisotopic (exact) mass is 400 g/mol. The number of hydrogen-bond donors (Lipinski definition) is 1. The van der Waals surface area contributed by atoms with Gasteiger partial charge in [-0.15, -0.1) is 0 Å². The van der Waals surface area contributed by atoms with E-state index in [4.69, 9.17) is 14.8 Å². The van der Waals surface area contributed by atoms with E-state index in [1.54, 1.807) is 7.11 Å². The molecule has 0 unspecified atom stereocenters. The second kappa shape index (κ2) is 8.57. The molecule has 5 nitrogen and oxygen atoms in total. The quantitative estimate of drug-likeness (QED) is 0.407. The summed E-state index contributed by atoms with van der Waals surface area (Å²) in [7, 11) is 1.69. The number of fused-ring (bicyclic) bond motifs is 1. The molecule has 0 radical (unpaired) electrons. The molecule has 154 valence electrons. The number of nitrogens with one attached hydrogen (secondary N) is 1. The number of aromatic nitrogens is 3. The second-order valence-corrected chi connectivity index (χ2v) is 7.60. The molecule has 0 aliphatic rings. The predicted molar refractivity (Wildman–Crippen MR) is 123 cm³/mol. The Morgan fingerprint density at radius 1 is 1.03 bits per heavy atom. The van der Waals surface area contributed by atoms with E-state index in [1.165, 1.54) is 18.4 Å². The van der Waals surface area contributed by atoms with E-state index in [9.17, 15) is 0 Å². The van der Waals surface area contributed by atoms with Gasteiger partial charge in [0.2, 0.25) is 0 Å². The summed E-state index contributed by atoms with van der Waals surface area (Å²) in [5.41, 5.74) is 7.06. The van der Waals surface area contributed by atoms with E-state index in [-0.39, 0.29) is 0 Å². The van der Waals surface area contributed by atoms with Gasteiger partial charge in [0.25, 0.3) is 0 Å². The molecule has 0 saturated carbocycles. The van der Waals surface area contributed by atoms with Crippen LogP contribution in [0, 0.1) is 13.8 Å². The smallest absolute Gasteiger partial charge is 0.165 e. The second-order valence-electron chi connectivity index (χ2n) is 7.60. The zero-order chi connectivity index (χ0) is 21.1. The van der Waals surface area contributed by atoms with Gasteiger partial charge in [-0.3, -0.25) is 0 Å². The number of benzene rings is 2. The Labute approximate surface area is 177 Å². The van der Waals surface area contributed by atoms with Gasteiger partial charge in [-0.05, 0) is 50.5 Å². The van der Waals surface area contributed by atoms with Crippen molar-refractivity contribution in [3.05, 3.63) is 71.5 Å². The van der Waals surface area contributed by atoms with Gasteiger partial charge < -0.3 is 10.1 Å². The lowest BCUT2D eigenvalue weighted by molar-refractivity contribution is 0.416. The fourth-order valence-electron chi connectivity index (χ4n) is 3.78. The van der Waals surface area contributed by atoms with Crippen LogP contribution in [0.3, 0.4) is 0 Å². The number of methoxy groups -OCH3 is 1. The maximum atomic E-state index is 5.59. The fraction of sp³-hybridized carbons (Fsp3) is 0.280. The Hall–Kier alpha value is -3.34. The number of unbranched alkanes of at least 4 members (excludes halogenated alkanes) is 1. The lowest BCUT2D eigenvalue weighted by Gasteiger charge is -2.11. The van der Waals surface area contributed by atoms with Crippen molar-refractivity contribution in [2.75, 3.05) is 12.4 Å². The Morgan fingerprint density at radius 2 is 1.80 bits per heavy atom. The first-order chi connectivity index (χ1) is 14.6. The first-order valence-corrected chi connectivity index (χ1v) is 10.5. The fourth-order valence-corrected chi connectivity index (χ4v) is 3.78. The molecule has 0 amide bonds. The van der Waals surface area contributed by atoms with Crippen LogP contribution in [0.4, 0.5) is 11.5 Å². The van der Waals surface area contributed by atoms with Gasteiger partial charge in [0.05, 0.1) is 18.4 Å². The number of rotatable bonds is 7. The standard InChI is InChI=1S/C25H28N4O/c1-5-6-9-19-12-14-20(15-13-19)27-23-16-17(2)26-25-24(18(3)28-29(23)25)21-10-7-8-11-22(21)30-4/h7-8,10-16,27H,5-6,9H2,1-4H3. The van der Waals surface area contributed by atoms with Crippen LogP contribution in [0.5, 0.6) is 5.75 Å². The highest BCUT2D eigenvalue weighted by atomic mass is 16.5. The third kappa shape index (κ3) is 3.88. The molecular weight excluding hydrogens is 372 g/mol. The zero-order valence-corrected chi connectivity index (χ0v) is 18.1. The van der Waals surface area contributed by atoms with Crippen molar-refractivity contribution in [2.45, 2.75) is 40.0 Å². The summed E-state index contributed by atoms with van der Waals surface area (Å²) < 4.78 is 7.47. The zero-order valence-electron chi connectivity index (χ0n) is 18.1. The van der Waals surface area contributed by atoms with Gasteiger partial charge in [0.1, 0.15) is 11.6 Å². The summed E-state index contributed by atoms with van der Waals surface area (Å²) in [5, 5.41) is 8.32. The van der Waals surface area contributed by atoms with Gasteiger partial charge in [0, 0.05) is 23.0 Å². The van der Waals surface area contributed by atoms with E-state index in [0.29, 0.717) is 0 Å². The molecule has 0 bridgehead atoms. The van der Waals surface area contributed by atoms with Crippen LogP contribution in [0.1, 0.15) is 36.7 Å². The van der Waals surface area contributed by atoms with Gasteiger partial charge in [0.15, 0.2) is 5.65 Å². The number of anilines is 2. The SMILES string of the molecule is CCCCc1ccc(Nc2cc(C)nc3c(-c4ccccc4OC)c(C)nn23)cc1. The molecule has 1 N–H and O–H groups in total. The number of ether oxygens (including phenoxy) is 1. The van der Waals surface area contributed by atoms with Crippen molar-refractivity contribution in [3.63, 3.8) is 0 Å². The number of hydrogen-bond acceptors (Lipinski definition) is 4. The molecule has 0 atom stereocenters. The molecule has 2 heterocycles. The van der Waals surface area contributed by atoms with E-state index in [0.717, 1.165) is 51.8 Å². The van der Waals surface area contributed by atoms with E-state index in [1.807, 2.05) is 42.6 Å². The minimum Gasteiger partial charge on any atom is -0.496 e. The summed E-state index contributed by atoms with van der Waals surface area (Å²) in [6, 6.07) is 18.7. The molecule has 4 rings (SSSR count). The van der Waals surface area contributed by atoms with Gasteiger partial charge in [-0.25, -0.2) is 4.98 Å². The molecule has 0 spiro atoms. The lowest BCUT2D eigenvalue weighted by atomic mass is 10.1. The minimum absolute atomic E-state index is 0.816. The summed E-state index contributed by atoms with van der Waals surface area (Å²) in [5.74, 6) is 1.71. The first kappa shape index (κ1) is 20.0. The van der Waals surface area contributed by atoms with Crippen LogP contribution in [0.2, 0.25) is 0 Å². The van der Waals surface area contributed by atoms with Crippen molar-refractivity contribution in [1.29, 1.82) is 0 Å². The van der Waals surface area contributed by atoms with E-state index >= 15 is 0 Å². The summed E-state index contributed by atoms with van der Waals surface area (Å²) in [6.07, 6.45) is 3.55. The third-order valence-electron chi connectivity index (χ3n) is 5.31. The van der Waals surface area contributed by atoms with Gasteiger partial charge in [-0.1, -0.05) is 43.7 Å². The highest BCUT2D eigenvalue weighted by Crippen LogP contribution is 2.35. The summed E-state index contributed by atoms with van der Waals surface area (Å²) in [6.45, 7) is 6.24. The average molecular weight is 401 g/mol. The minimum atomic E-state index is 0.816. The first-order valence-electron chi connectivity index (χ1n) is 10.5. The van der Waals surface area contributed by atoms with Crippen LogP contribution < -0.4 is 10.1 Å². The number of aryl methyl sites for hydroxylation is 3. The topological polar surface area (TPSA) is 51.5 Å². The van der Waals surface area contributed by atoms with Crippen molar-refractivity contribution in [2.24, 2.45) is 0 Å². The molecule has 0 aliphatic heterocycles. The van der Waals surface area contributed by atoms with Crippen LogP contribution >= 0.6 is 0 Å². The maximum absolute atomic E-state index is 5.59. The third-order valence-corrected chi connectivity index (χ3v) is 5.31. The van der Waals surface area contributed by atoms with Crippen LogP contribution in [0.25, 0.3) is 16.8 Å². The normalized spacial score (nSPS) is 11.1. The molecule has 0 saturated heterocycles. The molecule has 5 heteroatoms. The maximum Gasteiger partial charge on any atom is 0.165 e. The number of nitrogens with zero attached hydrogens (tertiary/aromatic N) is 3. The molecule has 30 heavy (non-hydrogen) atoms. The highest BCUT2D eigenvalue weighted by molar-refractivity contribution is 5.84. The Morgan fingerprint density at radius 3 is 2.53 bits per heavy atom. The van der Waals surface area contributed by atoms with E-state index in [2.05, 4.69) is 42.6 Å². The predicted octanol–water partition coefficient (Wildman–Crippen LogP) is 6.11. The summed E-state index contributed by atoms with van der Waals surface area (Å²) in [4.78, 5) is 4.80. The van der Waals surface area contributed by atoms with Crippen LogP contribution in [0.15, 0.2) is 54.6 Å². The van der Waals surface area contributed by atoms with Gasteiger partial charge >= 0.3 is 0 Å². The average Bonchev–Trinajstić information content (AvgIpc) is 3.09. The molecule has 2 aromatic heterocycles. The molecule has 0 aliphatic carbocycles. The number of para-hydroxylation sites is 1. The van der Waals surface area contributed by atoms with E-state index < -0.39 is 0 Å². The van der Waals surface area contributed by atoms with Crippen molar-refractivity contribution < 1.29 is 4.74 Å². The highest BCUT2D eigenvalue weighted by Gasteiger charge is 2.18. The van der Waals surface area contributed by atoms with Crippen molar-refractivity contribution in [3.8, 4) is 16.9 Å². The Balaban J connectivity index is 1.75. The molecule has 0 fully saturated rings. The largest absolute Gasteiger partial charge is 0.496 e. The lowest BCUT2D eigenvalue weighted by Crippen LogP contribution is -2.03. The Kier molecular flexibility index (Phi) is 5.70. The van der Waals surface area contributed by atoms with Crippen molar-refractivity contribution >= 4 is 17.2 Å². The molecule has 2 aromatic carbocycles.